The number of aliphatic hydroxyl groups is 1. The Labute approximate surface area is 80.8 Å². The van der Waals surface area contributed by atoms with Crippen LogP contribution in [0.1, 0.15) is 12.8 Å². The molecule has 1 unspecified atom stereocenters. The molecule has 2 amide bonds. The van der Waals surface area contributed by atoms with Gasteiger partial charge in [-0.3, -0.25) is 14.4 Å². The van der Waals surface area contributed by atoms with Gasteiger partial charge in [-0.15, -0.1) is 0 Å². The maximum atomic E-state index is 11.6. The van der Waals surface area contributed by atoms with Crippen LogP contribution in [0.25, 0.3) is 0 Å². The van der Waals surface area contributed by atoms with E-state index in [4.69, 9.17) is 9.94 Å². The predicted octanol–water partition coefficient (Wildman–Crippen LogP) is -1.60. The number of hydrogen-bond acceptors (Lipinski definition) is 4. The molecule has 0 spiro atoms. The molecule has 2 rings (SSSR count). The predicted molar refractivity (Wildman–Crippen MR) is 44.8 cm³/mol. The summed E-state index contributed by atoms with van der Waals surface area (Å²) in [5.74, 6) is -0.379. The highest BCUT2D eigenvalue weighted by Crippen LogP contribution is 2.13. The van der Waals surface area contributed by atoms with Gasteiger partial charge in [0.1, 0.15) is 18.8 Å². The third-order valence-corrected chi connectivity index (χ3v) is 2.34. The van der Waals surface area contributed by atoms with Crippen LogP contribution in [0.5, 0.6) is 0 Å². The van der Waals surface area contributed by atoms with E-state index in [0.717, 1.165) is 5.06 Å². The van der Waals surface area contributed by atoms with Gasteiger partial charge in [-0.2, -0.15) is 0 Å². The molecule has 0 radical (unpaired) electrons. The minimum Gasteiger partial charge on any atom is -0.389 e. The molecule has 2 saturated heterocycles. The van der Waals surface area contributed by atoms with E-state index in [1.807, 2.05) is 0 Å². The average Bonchev–Trinajstić information content (AvgIpc) is 2.73. The topological polar surface area (TPSA) is 78.9 Å². The summed E-state index contributed by atoms with van der Waals surface area (Å²) in [6.07, 6.45) is 0.275. The molecule has 0 aromatic carbocycles. The Hall–Kier alpha value is -1.14. The lowest BCUT2D eigenvalue weighted by molar-refractivity contribution is -0.171. The lowest BCUT2D eigenvalue weighted by Crippen LogP contribution is -2.43. The number of carbonyl (C=O) groups is 2. The highest BCUT2D eigenvalue weighted by atomic mass is 16.7. The summed E-state index contributed by atoms with van der Waals surface area (Å²) in [5.41, 5.74) is 0. The zero-order valence-corrected chi connectivity index (χ0v) is 7.60. The number of nitrogens with one attached hydrogen (secondary N) is 1. The Kier molecular flexibility index (Phi) is 2.39. The minimum atomic E-state index is -0.615. The van der Waals surface area contributed by atoms with Crippen molar-refractivity contribution in [1.82, 2.24) is 10.4 Å². The summed E-state index contributed by atoms with van der Waals surface area (Å²) in [6, 6.07) is -0.479. The Morgan fingerprint density at radius 3 is 2.93 bits per heavy atom. The third-order valence-electron chi connectivity index (χ3n) is 2.34. The van der Waals surface area contributed by atoms with Gasteiger partial charge >= 0.3 is 0 Å². The Bertz CT molecular complexity index is 268. The van der Waals surface area contributed by atoms with Gasteiger partial charge < -0.3 is 10.4 Å². The van der Waals surface area contributed by atoms with E-state index in [9.17, 15) is 9.59 Å². The van der Waals surface area contributed by atoms with Crippen LogP contribution in [-0.4, -0.2) is 47.3 Å². The average molecular weight is 200 g/mol. The van der Waals surface area contributed by atoms with Gasteiger partial charge in [0.15, 0.2) is 0 Å². The Morgan fingerprint density at radius 2 is 2.43 bits per heavy atom. The maximum absolute atomic E-state index is 11.6. The van der Waals surface area contributed by atoms with Crippen LogP contribution in [0.15, 0.2) is 0 Å². The van der Waals surface area contributed by atoms with Gasteiger partial charge in [0, 0.05) is 6.42 Å². The lowest BCUT2D eigenvalue weighted by Gasteiger charge is -2.17. The van der Waals surface area contributed by atoms with Crippen molar-refractivity contribution in [2.45, 2.75) is 25.0 Å². The summed E-state index contributed by atoms with van der Waals surface area (Å²) in [4.78, 5) is 27.4. The largest absolute Gasteiger partial charge is 0.389 e. The van der Waals surface area contributed by atoms with Crippen molar-refractivity contribution in [2.75, 3.05) is 13.2 Å². The van der Waals surface area contributed by atoms with Crippen LogP contribution >= 0.6 is 0 Å². The normalized spacial score (nSPS) is 32.1. The van der Waals surface area contributed by atoms with E-state index < -0.39 is 12.1 Å². The van der Waals surface area contributed by atoms with Gasteiger partial charge in [0.05, 0.1) is 6.54 Å². The van der Waals surface area contributed by atoms with E-state index in [2.05, 4.69) is 5.32 Å². The number of hydrogen-bond donors (Lipinski definition) is 2. The Balaban J connectivity index is 1.92. The molecule has 0 saturated carbocycles. The molecule has 2 heterocycles. The van der Waals surface area contributed by atoms with Gasteiger partial charge in [-0.05, 0) is 6.42 Å². The highest BCUT2D eigenvalue weighted by Gasteiger charge is 2.34. The van der Waals surface area contributed by atoms with Gasteiger partial charge in [0.2, 0.25) is 5.91 Å². The number of rotatable bonds is 1. The van der Waals surface area contributed by atoms with Crippen molar-refractivity contribution in [3.63, 3.8) is 0 Å². The number of nitrogens with zero attached hydrogens (tertiary/aromatic N) is 1. The van der Waals surface area contributed by atoms with Crippen LogP contribution in [0, 0.1) is 0 Å². The molecular formula is C8H12N2O4. The molecule has 2 fully saturated rings. The van der Waals surface area contributed by atoms with Crippen LogP contribution in [-0.2, 0) is 14.4 Å². The van der Waals surface area contributed by atoms with Crippen LogP contribution in [0.4, 0.5) is 0 Å². The van der Waals surface area contributed by atoms with E-state index >= 15 is 0 Å². The second kappa shape index (κ2) is 3.55. The SMILES string of the molecule is O=C1CCC(C(=O)N2C[C@@H](O)CO2)N1. The van der Waals surface area contributed by atoms with Crippen LogP contribution in [0.3, 0.4) is 0 Å². The molecule has 2 aliphatic rings. The van der Waals surface area contributed by atoms with Crippen LogP contribution < -0.4 is 5.32 Å². The molecule has 0 bridgehead atoms. The number of carbonyl (C=O) groups excluding carboxylic acids is 2. The fraction of sp³-hybridized carbons (Fsp3) is 0.750. The molecular weight excluding hydrogens is 188 g/mol. The fourth-order valence-electron chi connectivity index (χ4n) is 1.60. The molecule has 2 N–H and O–H groups in total. The molecule has 0 aromatic rings. The number of aliphatic hydroxyl groups excluding tert-OH is 1. The molecule has 0 aliphatic carbocycles. The van der Waals surface area contributed by atoms with Crippen molar-refractivity contribution in [2.24, 2.45) is 0 Å². The summed E-state index contributed by atoms with van der Waals surface area (Å²) in [6.45, 7) is 0.331. The summed E-state index contributed by atoms with van der Waals surface area (Å²) in [7, 11) is 0. The van der Waals surface area contributed by atoms with Crippen molar-refractivity contribution >= 4 is 11.8 Å². The number of β-amino-alcohol motifs (C(OH)–C–C–N with tert-alkyl or cyclic N) is 1. The standard InChI is InChI=1S/C8H12N2O4/c11-5-3-10(14-4-5)8(13)6-1-2-7(12)9-6/h5-6,11H,1-4H2,(H,9,12)/t5-,6?/m1/s1. The molecule has 2 atom stereocenters. The lowest BCUT2D eigenvalue weighted by atomic mass is 10.2. The number of amides is 2. The summed E-state index contributed by atoms with van der Waals surface area (Å²) in [5, 5.41) is 12.8. The fourth-order valence-corrected chi connectivity index (χ4v) is 1.60. The molecule has 14 heavy (non-hydrogen) atoms. The molecule has 78 valence electrons. The minimum absolute atomic E-state index is 0.108. The second-order valence-electron chi connectivity index (χ2n) is 3.51. The number of hydroxylamine groups is 2. The van der Waals surface area contributed by atoms with Gasteiger partial charge in [-0.1, -0.05) is 0 Å². The Morgan fingerprint density at radius 1 is 1.64 bits per heavy atom. The third kappa shape index (κ3) is 1.71. The van der Waals surface area contributed by atoms with E-state index in [-0.39, 0.29) is 25.0 Å². The van der Waals surface area contributed by atoms with Crippen LogP contribution in [0.2, 0.25) is 0 Å². The first-order valence-corrected chi connectivity index (χ1v) is 4.58. The quantitative estimate of drug-likeness (QED) is 0.534. The first kappa shape index (κ1) is 9.42. The van der Waals surface area contributed by atoms with Gasteiger partial charge in [-0.25, -0.2) is 5.06 Å². The monoisotopic (exact) mass is 200 g/mol. The molecule has 0 aromatic heterocycles. The summed E-state index contributed by atoms with van der Waals surface area (Å²) >= 11 is 0. The van der Waals surface area contributed by atoms with E-state index in [1.165, 1.54) is 0 Å². The van der Waals surface area contributed by atoms with Crippen molar-refractivity contribution < 1.29 is 19.5 Å². The first-order valence-electron chi connectivity index (χ1n) is 4.58. The maximum Gasteiger partial charge on any atom is 0.268 e. The van der Waals surface area contributed by atoms with Crippen molar-refractivity contribution in [3.05, 3.63) is 0 Å². The molecule has 2 aliphatic heterocycles. The zero-order chi connectivity index (χ0) is 10.1. The van der Waals surface area contributed by atoms with E-state index in [0.29, 0.717) is 12.8 Å². The molecule has 6 heteroatoms. The van der Waals surface area contributed by atoms with E-state index in [1.54, 1.807) is 0 Å². The van der Waals surface area contributed by atoms with Crippen molar-refractivity contribution in [3.8, 4) is 0 Å². The first-order chi connectivity index (χ1) is 6.66. The van der Waals surface area contributed by atoms with Crippen molar-refractivity contribution in [1.29, 1.82) is 0 Å². The highest BCUT2D eigenvalue weighted by molar-refractivity contribution is 5.90. The second-order valence-corrected chi connectivity index (χ2v) is 3.51. The smallest absolute Gasteiger partial charge is 0.268 e. The van der Waals surface area contributed by atoms with Gasteiger partial charge in [0.25, 0.3) is 5.91 Å². The zero-order valence-electron chi connectivity index (χ0n) is 7.60. The molecule has 6 nitrogen and oxygen atoms in total. The summed E-state index contributed by atoms with van der Waals surface area (Å²) < 4.78 is 0.